The summed E-state index contributed by atoms with van der Waals surface area (Å²) >= 11 is 0. The molecule has 5 aromatic rings. The first-order valence-corrected chi connectivity index (χ1v) is 14.2. The smallest absolute Gasteiger partial charge is 0.335 e. The first-order valence-electron chi connectivity index (χ1n) is 14.2. The van der Waals surface area contributed by atoms with Gasteiger partial charge >= 0.3 is 5.97 Å². The summed E-state index contributed by atoms with van der Waals surface area (Å²) in [6, 6.07) is 43.7. The zero-order valence-electron chi connectivity index (χ0n) is 23.5. The van der Waals surface area contributed by atoms with Crippen molar-refractivity contribution in [2.75, 3.05) is 0 Å². The van der Waals surface area contributed by atoms with Gasteiger partial charge in [0.2, 0.25) is 5.90 Å². The fraction of sp³-hybridized carbons (Fsp3) is 0.135. The minimum Gasteiger partial charge on any atom is -0.485 e. The summed E-state index contributed by atoms with van der Waals surface area (Å²) in [6.45, 7) is 0.889. The van der Waals surface area contributed by atoms with E-state index in [0.717, 1.165) is 27.8 Å². The first kappa shape index (κ1) is 27.8. The maximum atomic E-state index is 13.4. The molecule has 0 aromatic heterocycles. The van der Waals surface area contributed by atoms with Crippen molar-refractivity contribution in [1.29, 1.82) is 0 Å². The molecule has 43 heavy (non-hydrogen) atoms. The highest BCUT2D eigenvalue weighted by Crippen LogP contribution is 2.38. The molecule has 6 heteroatoms. The highest BCUT2D eigenvalue weighted by atomic mass is 16.5. The van der Waals surface area contributed by atoms with E-state index in [0.29, 0.717) is 30.6 Å². The number of benzene rings is 5. The lowest BCUT2D eigenvalue weighted by atomic mass is 10.0. The third kappa shape index (κ3) is 7.11. The van der Waals surface area contributed by atoms with Crippen LogP contribution in [0, 0.1) is 0 Å². The standard InChI is InChI=1S/C37H31NO5/c39-37(42-26-29-17-9-3-10-18-29)34-35(43-36(38-34)30-19-11-4-12-20-30)31-21-22-32(40-24-27-13-5-1-6-14-27)33(23-31)41-25-28-15-7-2-8-16-28/h1-23,34-35H,24-26H2/t34-,35+/m0/s1. The summed E-state index contributed by atoms with van der Waals surface area (Å²) in [5.41, 5.74) is 4.48. The fourth-order valence-electron chi connectivity index (χ4n) is 4.78. The van der Waals surface area contributed by atoms with Crippen molar-refractivity contribution in [3.8, 4) is 11.5 Å². The maximum absolute atomic E-state index is 13.4. The van der Waals surface area contributed by atoms with Crippen molar-refractivity contribution < 1.29 is 23.7 Å². The summed E-state index contributed by atoms with van der Waals surface area (Å²) in [4.78, 5) is 18.1. The highest BCUT2D eigenvalue weighted by Gasteiger charge is 2.39. The minimum atomic E-state index is -0.892. The van der Waals surface area contributed by atoms with E-state index in [1.165, 1.54) is 0 Å². The SMILES string of the molecule is O=C(OCc1ccccc1)[C@H]1N=C(c2ccccc2)O[C@@H]1c1ccc(OCc2ccccc2)c(OCc2ccccc2)c1. The average molecular weight is 570 g/mol. The topological polar surface area (TPSA) is 66.4 Å². The number of carbonyl (C=O) groups excluding carboxylic acids is 1. The van der Waals surface area contributed by atoms with Crippen LogP contribution in [0.2, 0.25) is 0 Å². The van der Waals surface area contributed by atoms with Crippen LogP contribution in [0.5, 0.6) is 11.5 Å². The third-order valence-corrected chi connectivity index (χ3v) is 7.04. The minimum absolute atomic E-state index is 0.150. The van der Waals surface area contributed by atoms with Crippen molar-refractivity contribution >= 4 is 11.9 Å². The molecule has 5 aromatic carbocycles. The number of ether oxygens (including phenoxy) is 4. The van der Waals surface area contributed by atoms with Crippen LogP contribution < -0.4 is 9.47 Å². The van der Waals surface area contributed by atoms with Gasteiger partial charge in [-0.3, -0.25) is 0 Å². The molecular weight excluding hydrogens is 538 g/mol. The van der Waals surface area contributed by atoms with E-state index in [4.69, 9.17) is 23.9 Å². The molecule has 0 radical (unpaired) electrons. The summed E-state index contributed by atoms with van der Waals surface area (Å²) in [5.74, 6) is 1.07. The van der Waals surface area contributed by atoms with Crippen molar-refractivity contribution in [1.82, 2.24) is 0 Å². The Morgan fingerprint density at radius 3 is 1.70 bits per heavy atom. The number of aliphatic imine (C=N–C) groups is 1. The zero-order chi connectivity index (χ0) is 29.3. The summed E-state index contributed by atoms with van der Waals surface area (Å²) in [5, 5.41) is 0. The lowest BCUT2D eigenvalue weighted by Crippen LogP contribution is -2.26. The van der Waals surface area contributed by atoms with E-state index < -0.39 is 18.1 Å². The predicted octanol–water partition coefficient (Wildman–Crippen LogP) is 7.47. The molecule has 0 amide bonds. The third-order valence-electron chi connectivity index (χ3n) is 7.04. The van der Waals surface area contributed by atoms with Gasteiger partial charge in [-0.05, 0) is 46.5 Å². The van der Waals surface area contributed by atoms with Gasteiger partial charge in [0.1, 0.15) is 19.8 Å². The van der Waals surface area contributed by atoms with Gasteiger partial charge < -0.3 is 18.9 Å². The molecule has 1 heterocycles. The van der Waals surface area contributed by atoms with E-state index in [1.807, 2.05) is 140 Å². The van der Waals surface area contributed by atoms with E-state index in [9.17, 15) is 4.79 Å². The van der Waals surface area contributed by atoms with E-state index in [2.05, 4.69) is 0 Å². The molecule has 0 bridgehead atoms. The summed E-state index contributed by atoms with van der Waals surface area (Å²) in [7, 11) is 0. The second kappa shape index (κ2) is 13.5. The Balaban J connectivity index is 1.28. The second-order valence-corrected chi connectivity index (χ2v) is 10.1. The van der Waals surface area contributed by atoms with Crippen LogP contribution in [-0.4, -0.2) is 17.9 Å². The number of carbonyl (C=O) groups is 1. The lowest BCUT2D eigenvalue weighted by Gasteiger charge is -2.20. The van der Waals surface area contributed by atoms with Crippen LogP contribution >= 0.6 is 0 Å². The van der Waals surface area contributed by atoms with Gasteiger partial charge in [0.25, 0.3) is 0 Å². The van der Waals surface area contributed by atoms with E-state index in [-0.39, 0.29) is 6.61 Å². The number of nitrogens with zero attached hydrogens (tertiary/aromatic N) is 1. The van der Waals surface area contributed by atoms with Gasteiger partial charge in [-0.1, -0.05) is 115 Å². The van der Waals surface area contributed by atoms with Crippen LogP contribution in [-0.2, 0) is 34.1 Å². The lowest BCUT2D eigenvalue weighted by molar-refractivity contribution is -0.148. The van der Waals surface area contributed by atoms with Crippen LogP contribution in [0.25, 0.3) is 0 Å². The Hall–Kier alpha value is -5.36. The molecule has 0 spiro atoms. The van der Waals surface area contributed by atoms with Crippen LogP contribution in [0.4, 0.5) is 0 Å². The summed E-state index contributed by atoms with van der Waals surface area (Å²) in [6.07, 6.45) is -0.708. The highest BCUT2D eigenvalue weighted by molar-refractivity contribution is 5.98. The average Bonchev–Trinajstić information content (AvgIpc) is 3.53. The monoisotopic (exact) mass is 569 g/mol. The molecule has 1 aliphatic rings. The van der Waals surface area contributed by atoms with Crippen LogP contribution in [0.3, 0.4) is 0 Å². The largest absolute Gasteiger partial charge is 0.485 e. The van der Waals surface area contributed by atoms with Crippen LogP contribution in [0.15, 0.2) is 145 Å². The molecule has 0 fully saturated rings. The number of esters is 1. The van der Waals surface area contributed by atoms with Crippen molar-refractivity contribution in [2.45, 2.75) is 32.0 Å². The Morgan fingerprint density at radius 2 is 1.12 bits per heavy atom. The van der Waals surface area contributed by atoms with Gasteiger partial charge in [-0.2, -0.15) is 0 Å². The molecule has 214 valence electrons. The van der Waals surface area contributed by atoms with E-state index >= 15 is 0 Å². The number of hydrogen-bond donors (Lipinski definition) is 0. The van der Waals surface area contributed by atoms with Gasteiger partial charge in [-0.25, -0.2) is 9.79 Å². The van der Waals surface area contributed by atoms with Gasteiger partial charge in [0, 0.05) is 5.56 Å². The maximum Gasteiger partial charge on any atom is 0.335 e. The number of hydrogen-bond acceptors (Lipinski definition) is 6. The van der Waals surface area contributed by atoms with Crippen molar-refractivity contribution in [3.63, 3.8) is 0 Å². The van der Waals surface area contributed by atoms with Gasteiger partial charge in [-0.15, -0.1) is 0 Å². The van der Waals surface area contributed by atoms with Crippen molar-refractivity contribution in [3.05, 3.63) is 167 Å². The molecule has 6 nitrogen and oxygen atoms in total. The molecule has 6 rings (SSSR count). The quantitative estimate of drug-likeness (QED) is 0.154. The molecule has 2 atom stereocenters. The molecule has 0 saturated carbocycles. The fourth-order valence-corrected chi connectivity index (χ4v) is 4.78. The predicted molar refractivity (Wildman–Crippen MR) is 165 cm³/mol. The molecular formula is C37H31NO5. The van der Waals surface area contributed by atoms with Crippen molar-refractivity contribution in [2.24, 2.45) is 4.99 Å². The zero-order valence-corrected chi connectivity index (χ0v) is 23.5. The second-order valence-electron chi connectivity index (χ2n) is 10.1. The Morgan fingerprint density at radius 1 is 0.605 bits per heavy atom. The first-order chi connectivity index (χ1) is 21.2. The van der Waals surface area contributed by atoms with Gasteiger partial charge in [0.15, 0.2) is 23.6 Å². The molecule has 1 aliphatic heterocycles. The van der Waals surface area contributed by atoms with Gasteiger partial charge in [0.05, 0.1) is 0 Å². The van der Waals surface area contributed by atoms with E-state index in [1.54, 1.807) is 0 Å². The molecule has 0 aliphatic carbocycles. The molecule has 0 unspecified atom stereocenters. The summed E-state index contributed by atoms with van der Waals surface area (Å²) < 4.78 is 24.6. The Kier molecular flexibility index (Phi) is 8.75. The molecule has 0 saturated heterocycles. The normalized spacial score (nSPS) is 15.7. The Labute approximate surface area is 251 Å². The molecule has 0 N–H and O–H groups in total. The van der Waals surface area contributed by atoms with Crippen LogP contribution in [0.1, 0.15) is 33.9 Å². The number of rotatable bonds is 11. The Bertz CT molecular complexity index is 1660.